The number of hydrogen-bond donors (Lipinski definition) is 3. The van der Waals surface area contributed by atoms with Crippen LogP contribution >= 0.6 is 0 Å². The summed E-state index contributed by atoms with van der Waals surface area (Å²) in [6.07, 6.45) is 1.46. The molecule has 0 saturated heterocycles. The Kier molecular flexibility index (Phi) is 6.39. The van der Waals surface area contributed by atoms with Crippen LogP contribution in [0.2, 0.25) is 0 Å². The summed E-state index contributed by atoms with van der Waals surface area (Å²) in [4.78, 5) is 18.7. The zero-order valence-electron chi connectivity index (χ0n) is 17.1. The number of nitrogens with zero attached hydrogens (tertiary/aromatic N) is 3. The van der Waals surface area contributed by atoms with E-state index in [1.165, 1.54) is 13.3 Å². The van der Waals surface area contributed by atoms with Crippen molar-refractivity contribution in [2.45, 2.75) is 19.9 Å². The number of anilines is 3. The molecule has 3 rings (SSSR count). The Morgan fingerprint density at radius 1 is 1.23 bits per heavy atom. The number of rotatable bonds is 8. The standard InChI is InChI=1S/C21H21FN6O3/c1-12(2)25-15-7-5-4-6-13(15)20(23)16-8-9-24-21(26-16)27-17-11-18(28(29)30)14(22)10-19(17)31-3/h4-12,23,25H,1-3H3,(H,24,26,27). The van der Waals surface area contributed by atoms with E-state index >= 15 is 0 Å². The molecule has 0 spiro atoms. The summed E-state index contributed by atoms with van der Waals surface area (Å²) in [6, 6.07) is 11.1. The first-order chi connectivity index (χ1) is 14.8. The van der Waals surface area contributed by atoms with Gasteiger partial charge in [-0.15, -0.1) is 0 Å². The summed E-state index contributed by atoms with van der Waals surface area (Å²) in [7, 11) is 1.32. The minimum absolute atomic E-state index is 0.0543. The summed E-state index contributed by atoms with van der Waals surface area (Å²) < 4.78 is 19.0. The number of methoxy groups -OCH3 is 1. The van der Waals surface area contributed by atoms with Crippen LogP contribution in [0.4, 0.5) is 27.4 Å². The highest BCUT2D eigenvalue weighted by molar-refractivity contribution is 6.13. The van der Waals surface area contributed by atoms with Gasteiger partial charge in [0.1, 0.15) is 5.75 Å². The van der Waals surface area contributed by atoms with Crippen LogP contribution < -0.4 is 15.4 Å². The van der Waals surface area contributed by atoms with Crippen molar-refractivity contribution in [1.82, 2.24) is 9.97 Å². The van der Waals surface area contributed by atoms with E-state index in [4.69, 9.17) is 10.1 Å². The quantitative estimate of drug-likeness (QED) is 0.276. The first-order valence-electron chi connectivity index (χ1n) is 9.37. The minimum Gasteiger partial charge on any atom is -0.494 e. The van der Waals surface area contributed by atoms with Gasteiger partial charge in [0.25, 0.3) is 0 Å². The maximum Gasteiger partial charge on any atom is 0.307 e. The molecular weight excluding hydrogens is 403 g/mol. The van der Waals surface area contributed by atoms with E-state index in [1.54, 1.807) is 6.07 Å². The van der Waals surface area contributed by atoms with Gasteiger partial charge in [-0.3, -0.25) is 15.5 Å². The third kappa shape index (κ3) is 4.92. The van der Waals surface area contributed by atoms with Crippen molar-refractivity contribution in [2.24, 2.45) is 0 Å². The van der Waals surface area contributed by atoms with Crippen LogP contribution in [0.15, 0.2) is 48.7 Å². The van der Waals surface area contributed by atoms with Crippen molar-refractivity contribution in [2.75, 3.05) is 17.7 Å². The van der Waals surface area contributed by atoms with Crippen molar-refractivity contribution in [3.05, 3.63) is 75.9 Å². The molecule has 9 nitrogen and oxygen atoms in total. The second kappa shape index (κ2) is 9.16. The van der Waals surface area contributed by atoms with Crippen LogP contribution in [-0.4, -0.2) is 33.8 Å². The van der Waals surface area contributed by atoms with Gasteiger partial charge in [-0.2, -0.15) is 4.39 Å². The maximum atomic E-state index is 13.9. The fourth-order valence-electron chi connectivity index (χ4n) is 2.90. The fourth-order valence-corrected chi connectivity index (χ4v) is 2.90. The van der Waals surface area contributed by atoms with E-state index in [2.05, 4.69) is 20.6 Å². The molecule has 0 aliphatic rings. The lowest BCUT2D eigenvalue weighted by molar-refractivity contribution is -0.387. The van der Waals surface area contributed by atoms with Crippen LogP contribution in [0.5, 0.6) is 5.75 Å². The molecule has 0 aliphatic carbocycles. The largest absolute Gasteiger partial charge is 0.494 e. The number of hydrogen-bond acceptors (Lipinski definition) is 8. The van der Waals surface area contributed by atoms with Crippen molar-refractivity contribution in [1.29, 1.82) is 5.41 Å². The second-order valence-corrected chi connectivity index (χ2v) is 6.87. The van der Waals surface area contributed by atoms with Crippen LogP contribution in [0.25, 0.3) is 0 Å². The smallest absolute Gasteiger partial charge is 0.307 e. The molecular formula is C21H21FN6O3. The zero-order valence-corrected chi connectivity index (χ0v) is 17.1. The number of para-hydroxylation sites is 1. The van der Waals surface area contributed by atoms with Crippen LogP contribution in [-0.2, 0) is 0 Å². The monoisotopic (exact) mass is 424 g/mol. The van der Waals surface area contributed by atoms with Gasteiger partial charge in [-0.25, -0.2) is 9.97 Å². The van der Waals surface area contributed by atoms with Gasteiger partial charge < -0.3 is 15.4 Å². The van der Waals surface area contributed by atoms with E-state index in [0.29, 0.717) is 11.3 Å². The molecule has 10 heteroatoms. The number of benzene rings is 2. The summed E-state index contributed by atoms with van der Waals surface area (Å²) >= 11 is 0. The van der Waals surface area contributed by atoms with Gasteiger partial charge in [0.15, 0.2) is 0 Å². The summed E-state index contributed by atoms with van der Waals surface area (Å²) in [5, 5.41) is 25.8. The Morgan fingerprint density at radius 3 is 2.65 bits per heavy atom. The SMILES string of the molecule is COc1cc(F)c([N+](=O)[O-])cc1Nc1nccc(C(=N)c2ccccc2NC(C)C)n1. The first-order valence-corrected chi connectivity index (χ1v) is 9.37. The van der Waals surface area contributed by atoms with Gasteiger partial charge >= 0.3 is 5.69 Å². The molecule has 0 fully saturated rings. The van der Waals surface area contributed by atoms with Crippen LogP contribution in [0.3, 0.4) is 0 Å². The molecule has 31 heavy (non-hydrogen) atoms. The molecule has 1 heterocycles. The normalized spacial score (nSPS) is 10.6. The molecule has 160 valence electrons. The van der Waals surface area contributed by atoms with Gasteiger partial charge in [-0.05, 0) is 26.0 Å². The Hall–Kier alpha value is -4.08. The number of ether oxygens (including phenoxy) is 1. The molecule has 0 radical (unpaired) electrons. The Labute approximate surface area is 178 Å². The lowest BCUT2D eigenvalue weighted by Crippen LogP contribution is -2.15. The topological polar surface area (TPSA) is 126 Å². The highest BCUT2D eigenvalue weighted by Gasteiger charge is 2.20. The molecule has 0 aliphatic heterocycles. The minimum atomic E-state index is -1.02. The highest BCUT2D eigenvalue weighted by atomic mass is 19.1. The summed E-state index contributed by atoms with van der Waals surface area (Å²) in [6.45, 7) is 4.00. The first kappa shape index (κ1) is 21.6. The third-order valence-electron chi connectivity index (χ3n) is 4.26. The molecule has 3 N–H and O–H groups in total. The Morgan fingerprint density at radius 2 is 1.97 bits per heavy atom. The van der Waals surface area contributed by atoms with Gasteiger partial charge in [0.2, 0.25) is 11.8 Å². The Balaban J connectivity index is 1.94. The zero-order chi connectivity index (χ0) is 22.5. The predicted octanol–water partition coefficient (Wildman–Crippen LogP) is 4.51. The van der Waals surface area contributed by atoms with Gasteiger partial charge in [0.05, 0.1) is 29.1 Å². The number of halogens is 1. The average molecular weight is 424 g/mol. The maximum absolute atomic E-state index is 13.9. The van der Waals surface area contributed by atoms with Crippen molar-refractivity contribution < 1.29 is 14.1 Å². The van der Waals surface area contributed by atoms with Crippen molar-refractivity contribution in [3.63, 3.8) is 0 Å². The predicted molar refractivity (Wildman–Crippen MR) is 116 cm³/mol. The Bertz CT molecular complexity index is 1140. The number of nitrogens with one attached hydrogen (secondary N) is 3. The lowest BCUT2D eigenvalue weighted by atomic mass is 10.0. The van der Waals surface area contributed by atoms with Gasteiger partial charge in [0, 0.05) is 35.6 Å². The number of aromatic nitrogens is 2. The van der Waals surface area contributed by atoms with E-state index < -0.39 is 16.4 Å². The van der Waals surface area contributed by atoms with E-state index in [-0.39, 0.29) is 29.1 Å². The average Bonchev–Trinajstić information content (AvgIpc) is 2.74. The lowest BCUT2D eigenvalue weighted by Gasteiger charge is -2.15. The molecule has 3 aromatic rings. The molecule has 2 aromatic carbocycles. The van der Waals surface area contributed by atoms with E-state index in [0.717, 1.165) is 17.8 Å². The van der Waals surface area contributed by atoms with Crippen molar-refractivity contribution in [3.8, 4) is 5.75 Å². The molecule has 0 unspecified atom stereocenters. The van der Waals surface area contributed by atoms with Crippen molar-refractivity contribution >= 4 is 28.7 Å². The van der Waals surface area contributed by atoms with E-state index in [9.17, 15) is 14.5 Å². The molecule has 1 aromatic heterocycles. The molecule has 0 atom stereocenters. The molecule has 0 bridgehead atoms. The second-order valence-electron chi connectivity index (χ2n) is 6.87. The summed E-state index contributed by atoms with van der Waals surface area (Å²) in [5.41, 5.74) is 1.39. The third-order valence-corrected chi connectivity index (χ3v) is 4.26. The van der Waals surface area contributed by atoms with Crippen LogP contribution in [0, 0.1) is 21.3 Å². The number of nitro benzene ring substituents is 1. The van der Waals surface area contributed by atoms with E-state index in [1.807, 2.05) is 38.1 Å². The number of nitro groups is 1. The molecule has 0 amide bonds. The van der Waals surface area contributed by atoms with Crippen LogP contribution in [0.1, 0.15) is 25.1 Å². The fraction of sp³-hybridized carbons (Fsp3) is 0.190. The highest BCUT2D eigenvalue weighted by Crippen LogP contribution is 2.33. The molecule has 0 saturated carbocycles. The van der Waals surface area contributed by atoms with Gasteiger partial charge in [-0.1, -0.05) is 18.2 Å². The summed E-state index contributed by atoms with van der Waals surface area (Å²) in [5.74, 6) is -0.882.